The Labute approximate surface area is 26.8 Å². The van der Waals surface area contributed by atoms with Crippen LogP contribution in [0.4, 0.5) is 0 Å². The predicted octanol–water partition coefficient (Wildman–Crippen LogP) is 0.986. The highest BCUT2D eigenvalue weighted by Gasteiger charge is 1.44. The molecule has 0 aliphatic carbocycles. The zero-order valence-electron chi connectivity index (χ0n) is 2.71. The van der Waals surface area contributed by atoms with Crippen molar-refractivity contribution in [3.05, 3.63) is 6.42 Å². The first-order valence-corrected chi connectivity index (χ1v) is 1.31. The smallest absolute Gasteiger partial charge is 0.00704 e. The standard InChI is InChI=1S/C4H5/c1-3-4-2/h3H2,1H3. The molecular weight excluding hydrogens is 48.0 g/mol. The SMILES string of the molecule is [C]#CCC. The van der Waals surface area contributed by atoms with Crippen LogP contribution < -0.4 is 0 Å². The summed E-state index contributed by atoms with van der Waals surface area (Å²) in [6, 6.07) is 0. The summed E-state index contributed by atoms with van der Waals surface area (Å²) in [6.45, 7) is 1.88. The van der Waals surface area contributed by atoms with Gasteiger partial charge in [0.2, 0.25) is 0 Å². The molecule has 0 heteroatoms. The molecule has 0 amide bonds. The van der Waals surface area contributed by atoms with Gasteiger partial charge in [0.25, 0.3) is 0 Å². The Kier molecular flexibility index (Phi) is 2.28. The maximum absolute atomic E-state index is 6.20. The fourth-order valence-electron chi connectivity index (χ4n) is 0. The molecule has 0 N–H and O–H groups in total. The van der Waals surface area contributed by atoms with Gasteiger partial charge in [-0.3, -0.25) is 0 Å². The molecule has 1 radical (unpaired) electrons. The van der Waals surface area contributed by atoms with Crippen LogP contribution in [0.3, 0.4) is 0 Å². The van der Waals surface area contributed by atoms with Gasteiger partial charge in [0.1, 0.15) is 0 Å². The Balaban J connectivity index is 2.43. The summed E-state index contributed by atoms with van der Waals surface area (Å²) in [5.74, 6) is 2.18. The van der Waals surface area contributed by atoms with Crippen LogP contribution in [0.5, 0.6) is 0 Å². The molecule has 0 saturated heterocycles. The van der Waals surface area contributed by atoms with E-state index in [-0.39, 0.29) is 0 Å². The zero-order valence-corrected chi connectivity index (χ0v) is 2.71. The number of hydrogen-bond donors (Lipinski definition) is 0. The molecule has 0 aliphatic rings. The Morgan fingerprint density at radius 3 is 2.25 bits per heavy atom. The fourth-order valence-corrected chi connectivity index (χ4v) is 0. The fraction of sp³-hybridized carbons (Fsp3) is 0.500. The van der Waals surface area contributed by atoms with E-state index in [2.05, 4.69) is 5.92 Å². The lowest BCUT2D eigenvalue weighted by Crippen LogP contribution is -1.38. The van der Waals surface area contributed by atoms with Gasteiger partial charge in [-0.25, -0.2) is 0 Å². The van der Waals surface area contributed by atoms with Gasteiger partial charge in [-0.1, -0.05) is 12.8 Å². The molecule has 0 rings (SSSR count). The summed E-state index contributed by atoms with van der Waals surface area (Å²) in [7, 11) is 0. The molecule has 0 atom stereocenters. The second-order valence-corrected chi connectivity index (χ2v) is 0.530. The quantitative estimate of drug-likeness (QED) is 0.361. The normalized spacial score (nSPS) is 5.00. The lowest BCUT2D eigenvalue weighted by molar-refractivity contribution is 1.28. The molecule has 0 heterocycles. The van der Waals surface area contributed by atoms with Gasteiger partial charge in [0.05, 0.1) is 0 Å². The van der Waals surface area contributed by atoms with Gasteiger partial charge in [-0.2, -0.15) is 0 Å². The van der Waals surface area contributed by atoms with Gasteiger partial charge in [0, 0.05) is 6.42 Å². The minimum atomic E-state index is 0.736. The van der Waals surface area contributed by atoms with Crippen molar-refractivity contribution in [2.24, 2.45) is 0 Å². The van der Waals surface area contributed by atoms with Gasteiger partial charge in [-0.15, -0.1) is 0 Å². The lowest BCUT2D eigenvalue weighted by Gasteiger charge is -1.51. The van der Waals surface area contributed by atoms with E-state index in [9.17, 15) is 0 Å². The second-order valence-electron chi connectivity index (χ2n) is 0.530. The highest BCUT2D eigenvalue weighted by atomic mass is 13.5. The average Bonchev–Trinajstić information content (AvgIpc) is 1.37. The van der Waals surface area contributed by atoms with Crippen molar-refractivity contribution in [1.29, 1.82) is 0 Å². The third-order valence-electron chi connectivity index (χ3n) is 0.177. The first-order chi connectivity index (χ1) is 1.91. The highest BCUT2D eigenvalue weighted by Crippen LogP contribution is 1.58. The molecule has 0 aromatic rings. The molecule has 0 aromatic heterocycles. The predicted molar refractivity (Wildman–Crippen MR) is 17.4 cm³/mol. The Hall–Kier alpha value is -0.440. The van der Waals surface area contributed by atoms with Gasteiger partial charge >= 0.3 is 0 Å². The third kappa shape index (κ3) is 1.56. The summed E-state index contributed by atoms with van der Waals surface area (Å²) in [4.78, 5) is 0. The van der Waals surface area contributed by atoms with Crippen LogP contribution in [0, 0.1) is 12.3 Å². The maximum atomic E-state index is 6.20. The summed E-state index contributed by atoms with van der Waals surface area (Å²) in [6.07, 6.45) is 6.94. The largest absolute Gasteiger partial charge is 0.0894 e. The Morgan fingerprint density at radius 2 is 2.25 bits per heavy atom. The lowest BCUT2D eigenvalue weighted by atomic mass is 10.5. The van der Waals surface area contributed by atoms with E-state index in [0.29, 0.717) is 0 Å². The molecular formula is C4H5. The first kappa shape index (κ1) is 3.56. The van der Waals surface area contributed by atoms with E-state index in [1.807, 2.05) is 6.92 Å². The molecule has 0 saturated carbocycles. The van der Waals surface area contributed by atoms with Gasteiger partial charge in [-0.05, 0) is 6.42 Å². The van der Waals surface area contributed by atoms with Crippen molar-refractivity contribution >= 4 is 0 Å². The minimum absolute atomic E-state index is 0.736. The van der Waals surface area contributed by atoms with E-state index in [0.717, 1.165) is 6.42 Å². The van der Waals surface area contributed by atoms with Gasteiger partial charge < -0.3 is 0 Å². The molecule has 4 heavy (non-hydrogen) atoms. The van der Waals surface area contributed by atoms with Crippen LogP contribution in [-0.2, 0) is 0 Å². The molecule has 0 bridgehead atoms. The van der Waals surface area contributed by atoms with Crippen molar-refractivity contribution < 1.29 is 0 Å². The molecule has 0 unspecified atom stereocenters. The third-order valence-corrected chi connectivity index (χ3v) is 0.177. The molecule has 0 aromatic carbocycles. The second kappa shape index (κ2) is 2.56. The summed E-state index contributed by atoms with van der Waals surface area (Å²) in [5.41, 5.74) is 0. The van der Waals surface area contributed by atoms with E-state index < -0.39 is 0 Å². The monoisotopic (exact) mass is 53.0 g/mol. The molecule has 0 nitrogen and oxygen atoms in total. The maximum Gasteiger partial charge on any atom is 0.00704 e. The zero-order chi connectivity index (χ0) is 3.41. The summed E-state index contributed by atoms with van der Waals surface area (Å²) < 4.78 is 0. The first-order valence-electron chi connectivity index (χ1n) is 1.31. The van der Waals surface area contributed by atoms with Crippen molar-refractivity contribution in [1.82, 2.24) is 0 Å². The highest BCUT2D eigenvalue weighted by molar-refractivity contribution is 4.69. The van der Waals surface area contributed by atoms with Gasteiger partial charge in [0.15, 0.2) is 0 Å². The average molecular weight is 53.1 g/mol. The van der Waals surface area contributed by atoms with Crippen molar-refractivity contribution in [2.75, 3.05) is 0 Å². The number of hydrogen-bond acceptors (Lipinski definition) is 0. The van der Waals surface area contributed by atoms with Crippen LogP contribution in [0.15, 0.2) is 0 Å². The van der Waals surface area contributed by atoms with Crippen molar-refractivity contribution in [3.63, 3.8) is 0 Å². The van der Waals surface area contributed by atoms with E-state index in [4.69, 9.17) is 6.42 Å². The Morgan fingerprint density at radius 1 is 2.00 bits per heavy atom. The summed E-state index contributed by atoms with van der Waals surface area (Å²) >= 11 is 0. The summed E-state index contributed by atoms with van der Waals surface area (Å²) in [5, 5.41) is 0. The Bertz CT molecular complexity index is 29.8. The molecule has 0 aliphatic heterocycles. The molecule has 21 valence electrons. The topological polar surface area (TPSA) is 0 Å². The van der Waals surface area contributed by atoms with Crippen LogP contribution >= 0.6 is 0 Å². The van der Waals surface area contributed by atoms with Crippen LogP contribution in [0.25, 0.3) is 0 Å². The number of rotatable bonds is 0. The van der Waals surface area contributed by atoms with Crippen molar-refractivity contribution in [2.45, 2.75) is 13.3 Å². The minimum Gasteiger partial charge on any atom is -0.0894 e. The van der Waals surface area contributed by atoms with E-state index in [1.165, 1.54) is 0 Å². The van der Waals surface area contributed by atoms with E-state index in [1.54, 1.807) is 0 Å². The van der Waals surface area contributed by atoms with Crippen LogP contribution in [0.1, 0.15) is 13.3 Å². The molecule has 0 fully saturated rings. The van der Waals surface area contributed by atoms with E-state index >= 15 is 0 Å². The van der Waals surface area contributed by atoms with Crippen molar-refractivity contribution in [3.8, 4) is 5.92 Å². The molecule has 0 spiro atoms. The van der Waals surface area contributed by atoms with Crippen LogP contribution in [0.2, 0.25) is 0 Å². The van der Waals surface area contributed by atoms with Crippen LogP contribution in [-0.4, -0.2) is 0 Å².